The van der Waals surface area contributed by atoms with Crippen molar-refractivity contribution in [2.45, 2.75) is 13.5 Å². The molecule has 0 aromatic heterocycles. The Morgan fingerprint density at radius 2 is 1.81 bits per heavy atom. The highest BCUT2D eigenvalue weighted by molar-refractivity contribution is 6.30. The van der Waals surface area contributed by atoms with Gasteiger partial charge in [0.05, 0.1) is 12.8 Å². The molecule has 0 heterocycles. The van der Waals surface area contributed by atoms with Crippen LogP contribution in [-0.4, -0.2) is 24.6 Å². The predicted molar refractivity (Wildman–Crippen MR) is 121 cm³/mol. The van der Waals surface area contributed by atoms with Gasteiger partial charge in [-0.2, -0.15) is 5.10 Å². The number of aryl methyl sites for hydroxylation is 1. The molecule has 31 heavy (non-hydrogen) atoms. The summed E-state index contributed by atoms with van der Waals surface area (Å²) in [6, 6.07) is 21.9. The quantitative estimate of drug-likeness (QED) is 0.413. The monoisotopic (exact) mass is 435 g/mol. The van der Waals surface area contributed by atoms with E-state index in [0.717, 1.165) is 16.7 Å². The molecule has 2 amide bonds. The number of rotatable bonds is 8. The van der Waals surface area contributed by atoms with E-state index in [0.29, 0.717) is 22.9 Å². The Labute approximate surface area is 185 Å². The number of hydrogen-bond acceptors (Lipinski definition) is 4. The van der Waals surface area contributed by atoms with Crippen LogP contribution in [0.1, 0.15) is 27.0 Å². The third-order valence-electron chi connectivity index (χ3n) is 4.38. The van der Waals surface area contributed by atoms with Gasteiger partial charge in [-0.05, 0) is 53.9 Å². The number of amides is 2. The molecule has 2 N–H and O–H groups in total. The third-order valence-corrected chi connectivity index (χ3v) is 4.63. The van der Waals surface area contributed by atoms with Gasteiger partial charge in [-0.1, -0.05) is 54.1 Å². The van der Waals surface area contributed by atoms with Gasteiger partial charge in [0.25, 0.3) is 11.8 Å². The van der Waals surface area contributed by atoms with Crippen LogP contribution in [0.2, 0.25) is 5.02 Å². The average Bonchev–Trinajstić information content (AvgIpc) is 2.78. The molecule has 158 valence electrons. The van der Waals surface area contributed by atoms with Crippen LogP contribution >= 0.6 is 11.6 Å². The van der Waals surface area contributed by atoms with Crippen LogP contribution in [0.5, 0.6) is 5.75 Å². The highest BCUT2D eigenvalue weighted by Gasteiger charge is 2.09. The Hall–Kier alpha value is -3.64. The molecule has 3 rings (SSSR count). The number of carbonyl (C=O) groups excluding carboxylic acids is 2. The average molecular weight is 436 g/mol. The smallest absolute Gasteiger partial charge is 0.259 e. The molecule has 0 atom stereocenters. The lowest BCUT2D eigenvalue weighted by Gasteiger charge is -2.07. The number of nitrogens with one attached hydrogen (secondary N) is 2. The summed E-state index contributed by atoms with van der Waals surface area (Å²) in [5.74, 6) is -0.0492. The van der Waals surface area contributed by atoms with Crippen LogP contribution in [0.15, 0.2) is 77.9 Å². The summed E-state index contributed by atoms with van der Waals surface area (Å²) < 4.78 is 5.78. The van der Waals surface area contributed by atoms with Crippen molar-refractivity contribution in [1.82, 2.24) is 10.7 Å². The van der Waals surface area contributed by atoms with Crippen LogP contribution in [0, 0.1) is 6.92 Å². The third kappa shape index (κ3) is 6.97. The van der Waals surface area contributed by atoms with Crippen molar-refractivity contribution >= 4 is 29.6 Å². The van der Waals surface area contributed by atoms with E-state index in [2.05, 4.69) is 15.8 Å². The van der Waals surface area contributed by atoms with Crippen molar-refractivity contribution in [3.05, 3.63) is 100 Å². The SMILES string of the molecule is Cc1ccccc1C(=O)NCC(=O)N/N=C/c1cccc(OCc2ccc(Cl)cc2)c1. The molecule has 0 bridgehead atoms. The molecule has 7 heteroatoms. The zero-order valence-corrected chi connectivity index (χ0v) is 17.7. The molecule has 0 unspecified atom stereocenters. The van der Waals surface area contributed by atoms with Gasteiger partial charge in [0, 0.05) is 10.6 Å². The minimum atomic E-state index is -0.423. The molecule has 0 saturated heterocycles. The van der Waals surface area contributed by atoms with Crippen molar-refractivity contribution in [3.8, 4) is 5.75 Å². The summed E-state index contributed by atoms with van der Waals surface area (Å²) in [6.45, 7) is 2.08. The maximum absolute atomic E-state index is 12.1. The van der Waals surface area contributed by atoms with E-state index in [9.17, 15) is 9.59 Å². The summed E-state index contributed by atoms with van der Waals surface area (Å²) in [5.41, 5.74) is 5.54. The fourth-order valence-electron chi connectivity index (χ4n) is 2.73. The summed E-state index contributed by atoms with van der Waals surface area (Å²) in [4.78, 5) is 24.1. The summed E-state index contributed by atoms with van der Waals surface area (Å²) in [5, 5.41) is 7.19. The fraction of sp³-hybridized carbons (Fsp3) is 0.125. The molecule has 0 saturated carbocycles. The molecule has 6 nitrogen and oxygen atoms in total. The Kier molecular flexibility index (Phi) is 7.79. The van der Waals surface area contributed by atoms with Gasteiger partial charge in [-0.15, -0.1) is 0 Å². The first-order valence-electron chi connectivity index (χ1n) is 9.64. The first-order valence-corrected chi connectivity index (χ1v) is 10.0. The maximum Gasteiger partial charge on any atom is 0.259 e. The van der Waals surface area contributed by atoms with Crippen molar-refractivity contribution in [2.24, 2.45) is 5.10 Å². The Balaban J connectivity index is 1.46. The van der Waals surface area contributed by atoms with E-state index in [-0.39, 0.29) is 12.5 Å². The van der Waals surface area contributed by atoms with Gasteiger partial charge in [-0.25, -0.2) is 5.43 Å². The van der Waals surface area contributed by atoms with Gasteiger partial charge in [0.15, 0.2) is 0 Å². The molecule has 3 aromatic rings. The number of nitrogens with zero attached hydrogens (tertiary/aromatic N) is 1. The molecule has 0 aliphatic rings. The molecule has 0 aliphatic heterocycles. The highest BCUT2D eigenvalue weighted by Crippen LogP contribution is 2.15. The summed E-state index contributed by atoms with van der Waals surface area (Å²) in [6.07, 6.45) is 1.51. The Bertz CT molecular complexity index is 1080. The van der Waals surface area contributed by atoms with E-state index in [4.69, 9.17) is 16.3 Å². The van der Waals surface area contributed by atoms with Gasteiger partial charge in [-0.3, -0.25) is 9.59 Å². The van der Waals surface area contributed by atoms with Crippen LogP contribution in [0.3, 0.4) is 0 Å². The molecule has 0 radical (unpaired) electrons. The first kappa shape index (κ1) is 22.1. The van der Waals surface area contributed by atoms with E-state index in [1.807, 2.05) is 67.6 Å². The molecule has 0 fully saturated rings. The lowest BCUT2D eigenvalue weighted by molar-refractivity contribution is -0.120. The van der Waals surface area contributed by atoms with Crippen LogP contribution in [-0.2, 0) is 11.4 Å². The number of ether oxygens (including phenoxy) is 1. The number of halogens is 1. The van der Waals surface area contributed by atoms with Gasteiger partial charge in [0.1, 0.15) is 12.4 Å². The summed E-state index contributed by atoms with van der Waals surface area (Å²) >= 11 is 5.88. The van der Waals surface area contributed by atoms with Crippen LogP contribution < -0.4 is 15.5 Å². The molecule has 0 aliphatic carbocycles. The first-order chi connectivity index (χ1) is 15.0. The second kappa shape index (κ2) is 10.9. The van der Waals surface area contributed by atoms with Crippen molar-refractivity contribution < 1.29 is 14.3 Å². The topological polar surface area (TPSA) is 79.8 Å². The largest absolute Gasteiger partial charge is 0.489 e. The second-order valence-electron chi connectivity index (χ2n) is 6.78. The van der Waals surface area contributed by atoms with E-state index >= 15 is 0 Å². The molecule has 0 spiro atoms. The highest BCUT2D eigenvalue weighted by atomic mass is 35.5. The lowest BCUT2D eigenvalue weighted by atomic mass is 10.1. The minimum Gasteiger partial charge on any atom is -0.489 e. The van der Waals surface area contributed by atoms with E-state index in [1.165, 1.54) is 6.21 Å². The number of benzene rings is 3. The zero-order valence-electron chi connectivity index (χ0n) is 17.0. The van der Waals surface area contributed by atoms with E-state index < -0.39 is 5.91 Å². The van der Waals surface area contributed by atoms with Crippen molar-refractivity contribution in [1.29, 1.82) is 0 Å². The number of carbonyl (C=O) groups is 2. The van der Waals surface area contributed by atoms with Crippen molar-refractivity contribution in [2.75, 3.05) is 6.54 Å². The van der Waals surface area contributed by atoms with Crippen molar-refractivity contribution in [3.63, 3.8) is 0 Å². The minimum absolute atomic E-state index is 0.172. The molecular formula is C24H22ClN3O3. The van der Waals surface area contributed by atoms with Gasteiger partial charge in [0.2, 0.25) is 0 Å². The standard InChI is InChI=1S/C24H22ClN3O3/c1-17-5-2-3-8-22(17)24(30)26-15-23(29)28-27-14-19-6-4-7-21(13-19)31-16-18-9-11-20(25)12-10-18/h2-14H,15-16H2,1H3,(H,26,30)(H,28,29)/b27-14+. The zero-order chi connectivity index (χ0) is 22.1. The maximum atomic E-state index is 12.1. The van der Waals surface area contributed by atoms with Crippen LogP contribution in [0.4, 0.5) is 0 Å². The van der Waals surface area contributed by atoms with Crippen LogP contribution in [0.25, 0.3) is 0 Å². The predicted octanol–water partition coefficient (Wildman–Crippen LogP) is 4.11. The Morgan fingerprint density at radius 1 is 1.03 bits per heavy atom. The molecular weight excluding hydrogens is 414 g/mol. The van der Waals surface area contributed by atoms with Gasteiger partial charge < -0.3 is 10.1 Å². The molecule has 3 aromatic carbocycles. The lowest BCUT2D eigenvalue weighted by Crippen LogP contribution is -2.35. The second-order valence-corrected chi connectivity index (χ2v) is 7.21. The Morgan fingerprint density at radius 3 is 2.58 bits per heavy atom. The summed E-state index contributed by atoms with van der Waals surface area (Å²) in [7, 11) is 0. The van der Waals surface area contributed by atoms with E-state index in [1.54, 1.807) is 12.1 Å². The number of hydrazone groups is 1. The normalized spacial score (nSPS) is 10.6. The van der Waals surface area contributed by atoms with Gasteiger partial charge >= 0.3 is 0 Å². The fourth-order valence-corrected chi connectivity index (χ4v) is 2.86. The number of hydrogen-bond donors (Lipinski definition) is 2.